The van der Waals surface area contributed by atoms with Crippen LogP contribution in [0.5, 0.6) is 46.0 Å². The predicted octanol–water partition coefficient (Wildman–Crippen LogP) is 7.08. The number of carbonyl (C=O) groups excluding carboxylic acids is 8. The van der Waals surface area contributed by atoms with E-state index >= 15 is 24.0 Å². The standard InChI is InChI=1S/C81H94Cl2N8O24/c1-7-9-10-11-37-12-17-44(18-13-37)86-80(109)87-60(97)29-43-26-53(95)65(90-74(103)38(8-2)22-35(3)4)67(98)40-15-20-55(49(82)24-40)111-57-27-42-28-58(71(57)115-79-72(70(101)69(100)59(34-84)113-79)114-61-33-81(6,85)73(102)36(5)110-61)112-56-21-16-41(25-50(56)83)68(99)66-77(106)89-64(78(107)108)48-30-45(92)31-52(94)62(48)47-23-39(14-19-51(47)93)46(76(105)91-66)32-54(96)63(42)88-75(43)104/h12-21,23-25,27-28,30-31,35-36,38,43,46,59,61,63-70,72-73,79,92-94,98-102H,7-11,22,26,29,32-34,84-85H2,1-6H3,(H,88,104)(H,89,106)(H,90,103)(H,91,105)(H,107,108)(H2,86,87,97,109)/t36-,38+,43-,46+,59+,61-,63+,64-,65-,66-,67+,68+,69+,70-,72+,73+,79-,81-/m0/s1. The van der Waals surface area contributed by atoms with Crippen LogP contribution in [0.3, 0.4) is 0 Å². The largest absolute Gasteiger partial charge is 0.508 e. The number of Topliss-reactive ketones (excluding diaryl/α,β-unsaturated/α-hetero) is 2. The van der Waals surface area contributed by atoms with E-state index in [4.69, 9.17) is 63.1 Å². The number of phenols is 3. The minimum absolute atomic E-state index is 0.0509. The number of carbonyl (C=O) groups is 9. The number of unbranched alkanes of at least 4 members (excludes halogenated alkanes) is 2. The molecule has 34 heteroatoms. The number of imide groups is 1. The predicted molar refractivity (Wildman–Crippen MR) is 412 cm³/mol. The van der Waals surface area contributed by atoms with Crippen LogP contribution in [-0.2, 0) is 59.0 Å². The van der Waals surface area contributed by atoms with E-state index in [2.05, 4.69) is 38.8 Å². The summed E-state index contributed by atoms with van der Waals surface area (Å²) in [5.41, 5.74) is 10.1. The number of hydrogen-bond donors (Lipinski definition) is 17. The van der Waals surface area contributed by atoms with Crippen LogP contribution in [0.2, 0.25) is 10.0 Å². The molecular weight excluding hydrogens is 1540 g/mol. The van der Waals surface area contributed by atoms with E-state index in [0.717, 1.165) is 85.8 Å². The van der Waals surface area contributed by atoms with Crippen LogP contribution in [0.4, 0.5) is 10.5 Å². The van der Waals surface area contributed by atoms with Gasteiger partial charge in [-0.2, -0.15) is 0 Å². The molecule has 13 rings (SSSR count). The van der Waals surface area contributed by atoms with E-state index < -0.39 is 250 Å². The Morgan fingerprint density at radius 3 is 1.97 bits per heavy atom. The number of fused-ring (bicyclic) bond motifs is 15. The minimum Gasteiger partial charge on any atom is -0.508 e. The van der Waals surface area contributed by atoms with Crippen LogP contribution in [0, 0.1) is 17.8 Å². The molecule has 7 heterocycles. The summed E-state index contributed by atoms with van der Waals surface area (Å²) in [6.45, 7) is 10.1. The Kier molecular flexibility index (Phi) is 27.2. The molecule has 0 unspecified atom stereocenters. The van der Waals surface area contributed by atoms with Crippen LogP contribution in [0.15, 0.2) is 103 Å². The van der Waals surface area contributed by atoms with Crippen molar-refractivity contribution >= 4 is 82.0 Å². The van der Waals surface area contributed by atoms with Gasteiger partial charge in [0.15, 0.2) is 41.5 Å². The van der Waals surface area contributed by atoms with Gasteiger partial charge in [-0.3, -0.25) is 38.9 Å². The molecule has 0 radical (unpaired) electrons. The highest BCUT2D eigenvalue weighted by atomic mass is 35.5. The van der Waals surface area contributed by atoms with Gasteiger partial charge in [-0.25, -0.2) is 9.59 Å². The van der Waals surface area contributed by atoms with Gasteiger partial charge in [-0.05, 0) is 140 Å². The van der Waals surface area contributed by atoms with Gasteiger partial charge in [0.05, 0.1) is 34.1 Å². The monoisotopic (exact) mass is 1630 g/mol. The Bertz CT molecular complexity index is 4680. The highest BCUT2D eigenvalue weighted by molar-refractivity contribution is 6.32. The number of ether oxygens (including phenoxy) is 6. The lowest BCUT2D eigenvalue weighted by Gasteiger charge is -2.47. The van der Waals surface area contributed by atoms with Gasteiger partial charge in [0.25, 0.3) is 0 Å². The number of rotatable bonds is 18. The number of aliphatic hydroxyl groups is 5. The third-order valence-electron chi connectivity index (χ3n) is 21.2. The maximum Gasteiger partial charge on any atom is 0.330 e. The molecule has 2 fully saturated rings. The molecule has 7 aliphatic heterocycles. The number of aliphatic hydroxyl groups excluding tert-OH is 5. The summed E-state index contributed by atoms with van der Waals surface area (Å²) in [6, 6.07) is 11.2. The zero-order valence-electron chi connectivity index (χ0n) is 63.5. The highest BCUT2D eigenvalue weighted by Crippen LogP contribution is 2.51. The lowest BCUT2D eigenvalue weighted by Crippen LogP contribution is -2.65. The van der Waals surface area contributed by atoms with Crippen LogP contribution in [0.25, 0.3) is 11.1 Å². The summed E-state index contributed by atoms with van der Waals surface area (Å²) in [5.74, 6) is -19.5. The number of benzene rings is 6. The van der Waals surface area contributed by atoms with E-state index in [-0.39, 0.29) is 57.7 Å². The summed E-state index contributed by atoms with van der Waals surface area (Å²) in [6.07, 6.45) is -16.1. The third kappa shape index (κ3) is 19.6. The molecule has 6 aromatic carbocycles. The lowest BCUT2D eigenvalue weighted by molar-refractivity contribution is -0.330. The van der Waals surface area contributed by atoms with E-state index in [1.807, 2.05) is 13.8 Å². The fraction of sp³-hybridized carbons (Fsp3) is 0.444. The first kappa shape index (κ1) is 85.8. The molecule has 0 saturated carbocycles. The third-order valence-corrected chi connectivity index (χ3v) is 21.8. The molecule has 0 spiro atoms. The van der Waals surface area contributed by atoms with Crippen molar-refractivity contribution in [1.82, 2.24) is 26.6 Å². The summed E-state index contributed by atoms with van der Waals surface area (Å²) in [7, 11) is 0. The van der Waals surface area contributed by atoms with Crippen LogP contribution in [-0.4, -0.2) is 172 Å². The number of phenolic OH excluding ortho intramolecular Hbond substituents is 3. The van der Waals surface area contributed by atoms with Gasteiger partial charge < -0.3 is 112 Å². The van der Waals surface area contributed by atoms with Crippen molar-refractivity contribution in [3.8, 4) is 57.1 Å². The molecule has 11 bridgehead atoms. The Morgan fingerprint density at radius 2 is 1.37 bits per heavy atom. The molecule has 19 N–H and O–H groups in total. The average Bonchev–Trinajstić information content (AvgIpc) is 0.766. The van der Waals surface area contributed by atoms with Crippen molar-refractivity contribution in [2.75, 3.05) is 11.9 Å². The van der Waals surface area contributed by atoms with Gasteiger partial charge in [0.2, 0.25) is 41.6 Å². The number of carboxylic acids is 1. The van der Waals surface area contributed by atoms with Crippen LogP contribution >= 0.6 is 23.2 Å². The van der Waals surface area contributed by atoms with Crippen molar-refractivity contribution in [3.05, 3.63) is 147 Å². The summed E-state index contributed by atoms with van der Waals surface area (Å²) >= 11 is 14.4. The van der Waals surface area contributed by atoms with E-state index in [1.54, 1.807) is 31.2 Å². The first-order chi connectivity index (χ1) is 54.5. The van der Waals surface area contributed by atoms with Crippen molar-refractivity contribution in [3.63, 3.8) is 0 Å². The number of halogens is 2. The number of ketones is 2. The minimum atomic E-state index is -2.27. The molecule has 115 heavy (non-hydrogen) atoms. The maximum absolute atomic E-state index is 16.5. The van der Waals surface area contributed by atoms with Gasteiger partial charge in [0.1, 0.15) is 77.4 Å². The number of nitrogens with one attached hydrogen (secondary N) is 6. The first-order valence-electron chi connectivity index (χ1n) is 37.8. The fourth-order valence-electron chi connectivity index (χ4n) is 14.9. The molecular formula is C81H94Cl2N8O24. The molecule has 7 amide bonds. The Balaban J connectivity index is 1.14. The summed E-state index contributed by atoms with van der Waals surface area (Å²) in [4.78, 5) is 135. The summed E-state index contributed by atoms with van der Waals surface area (Å²) in [5, 5.41) is 119. The van der Waals surface area contributed by atoms with Gasteiger partial charge >= 0.3 is 12.0 Å². The van der Waals surface area contributed by atoms with Crippen molar-refractivity contribution in [2.45, 2.75) is 203 Å². The normalized spacial score (nSPS) is 27.3. The lowest BCUT2D eigenvalue weighted by atomic mass is 9.84. The Morgan fingerprint density at radius 1 is 0.713 bits per heavy atom. The average molecular weight is 1630 g/mol. The topological polar surface area (TPSA) is 515 Å². The second-order valence-corrected chi connectivity index (χ2v) is 31.1. The number of carboxylic acid groups (broad SMARTS) is 1. The number of aryl methyl sites for hydroxylation is 1. The molecule has 7 aliphatic rings. The number of aromatic hydroxyl groups is 3. The first-order valence-corrected chi connectivity index (χ1v) is 38.5. The SMILES string of the molecule is CCCCCc1ccc(NC(=O)NC(=O)C[C@@H]2CC(=O)[C@H](NC(=O)[C@H](CC)CC(C)C)[C@H](O)c3ccc(c(Cl)c3)Oc3cc4cc(c3O[C@@H]3O[C@H](CN)[C@@H](O)[C@H](O)[C@H]3O[C@H]3C[C@](C)(N)[C@H](O)[C@H](C)O3)Oc3ccc(cc3Cl)[C@@H](O)[C@@H]3NC(=O)[C@H](CC(=O)[C@@H]4NC2=O)c2ccc(O)c(c2)-c2c(O)cc(O)cc2[C@@H](C(=O)O)NC3=O)cc1. The molecule has 2 saturated heterocycles. The number of aliphatic carboxylic acids is 1. The van der Waals surface area contributed by atoms with Crippen LogP contribution < -0.4 is 57.6 Å². The number of anilines is 1. The van der Waals surface area contributed by atoms with Crippen LogP contribution in [0.1, 0.15) is 163 Å². The summed E-state index contributed by atoms with van der Waals surface area (Å²) < 4.78 is 39.1. The molecule has 0 aromatic heterocycles. The van der Waals surface area contributed by atoms with Crippen molar-refractivity contribution in [1.29, 1.82) is 0 Å². The Hall–Kier alpha value is -10.1. The molecule has 32 nitrogen and oxygen atoms in total. The number of hydrogen-bond acceptors (Lipinski definition) is 25. The highest BCUT2D eigenvalue weighted by Gasteiger charge is 2.52. The zero-order chi connectivity index (χ0) is 83.3. The number of urea groups is 1. The molecule has 0 aliphatic carbocycles. The number of nitrogens with two attached hydrogens (primary N) is 2. The number of amides is 7. The molecule has 616 valence electrons. The Labute approximate surface area is 670 Å². The van der Waals surface area contributed by atoms with Gasteiger partial charge in [-0.1, -0.05) is 94.1 Å². The molecule has 18 atom stereocenters. The second kappa shape index (κ2) is 36.4. The second-order valence-electron chi connectivity index (χ2n) is 30.3. The quantitative estimate of drug-likeness (QED) is 0.0382. The molecule has 6 aromatic rings. The smallest absolute Gasteiger partial charge is 0.330 e. The van der Waals surface area contributed by atoms with Gasteiger partial charge in [0, 0.05) is 72.1 Å². The van der Waals surface area contributed by atoms with Crippen molar-refractivity contribution in [2.24, 2.45) is 29.2 Å². The fourth-order valence-corrected chi connectivity index (χ4v) is 15.4. The van der Waals surface area contributed by atoms with E-state index in [9.17, 15) is 65.1 Å². The van der Waals surface area contributed by atoms with E-state index in [1.165, 1.54) is 38.1 Å². The van der Waals surface area contributed by atoms with Crippen molar-refractivity contribution < 1.29 is 118 Å². The zero-order valence-corrected chi connectivity index (χ0v) is 65.1. The van der Waals surface area contributed by atoms with Gasteiger partial charge in [-0.15, -0.1) is 0 Å². The maximum atomic E-state index is 16.5. The van der Waals surface area contributed by atoms with E-state index in [0.29, 0.717) is 6.42 Å².